The predicted octanol–water partition coefficient (Wildman–Crippen LogP) is 1.72. The minimum Gasteiger partial charge on any atom is -0.482 e. The molecule has 1 atom stereocenters. The molecule has 0 spiro atoms. The van der Waals surface area contributed by atoms with Gasteiger partial charge in [0.05, 0.1) is 17.2 Å². The number of carbonyl (C=O) groups excluding carboxylic acids is 2. The van der Waals surface area contributed by atoms with E-state index in [2.05, 4.69) is 21.2 Å². The molecule has 2 amide bonds. The van der Waals surface area contributed by atoms with Gasteiger partial charge in [-0.05, 0) is 40.9 Å². The van der Waals surface area contributed by atoms with Crippen LogP contribution in [0.1, 0.15) is 23.2 Å². The SMILES string of the molecule is O=C1COc2cc(C(=O)N3CCC[C@H](C(=O)O)C3)c(Br)cc2N1. The smallest absolute Gasteiger partial charge is 0.308 e. The molecule has 0 radical (unpaired) electrons. The zero-order chi connectivity index (χ0) is 16.6. The lowest BCUT2D eigenvalue weighted by atomic mass is 9.97. The van der Waals surface area contributed by atoms with E-state index in [1.54, 1.807) is 17.0 Å². The van der Waals surface area contributed by atoms with Gasteiger partial charge in [-0.25, -0.2) is 0 Å². The number of likely N-dealkylation sites (tertiary alicyclic amines) is 1. The lowest BCUT2D eigenvalue weighted by Gasteiger charge is -2.31. The minimum absolute atomic E-state index is 0.0902. The highest BCUT2D eigenvalue weighted by Gasteiger charge is 2.30. The molecular formula is C15H15BrN2O5. The van der Waals surface area contributed by atoms with Gasteiger partial charge in [-0.2, -0.15) is 0 Å². The summed E-state index contributed by atoms with van der Waals surface area (Å²) in [6.07, 6.45) is 1.25. The van der Waals surface area contributed by atoms with E-state index in [4.69, 9.17) is 9.84 Å². The molecule has 0 unspecified atom stereocenters. The molecule has 2 heterocycles. The van der Waals surface area contributed by atoms with Gasteiger partial charge in [0.2, 0.25) is 0 Å². The number of fused-ring (bicyclic) bond motifs is 1. The summed E-state index contributed by atoms with van der Waals surface area (Å²) in [5.74, 6) is -1.46. The first-order valence-electron chi connectivity index (χ1n) is 7.24. The first-order chi connectivity index (χ1) is 11.0. The van der Waals surface area contributed by atoms with E-state index < -0.39 is 11.9 Å². The van der Waals surface area contributed by atoms with Gasteiger partial charge < -0.3 is 20.1 Å². The van der Waals surface area contributed by atoms with Crippen molar-refractivity contribution in [3.05, 3.63) is 22.2 Å². The number of benzene rings is 1. The number of ether oxygens (including phenoxy) is 1. The Labute approximate surface area is 140 Å². The molecular weight excluding hydrogens is 368 g/mol. The Bertz CT molecular complexity index is 691. The van der Waals surface area contributed by atoms with Crippen molar-refractivity contribution >= 4 is 39.4 Å². The quantitative estimate of drug-likeness (QED) is 0.811. The number of carbonyl (C=O) groups is 3. The van der Waals surface area contributed by atoms with E-state index in [1.165, 1.54) is 0 Å². The van der Waals surface area contributed by atoms with Crippen molar-refractivity contribution in [3.63, 3.8) is 0 Å². The maximum atomic E-state index is 12.7. The standard InChI is InChI=1S/C15H15BrN2O5/c16-10-5-11-12(23-7-13(19)17-11)4-9(10)14(20)18-3-1-2-8(6-18)15(21)22/h4-5,8H,1-3,6-7H2,(H,17,19)(H,21,22)/t8-/m0/s1. The van der Waals surface area contributed by atoms with Crippen molar-refractivity contribution in [1.29, 1.82) is 0 Å². The summed E-state index contributed by atoms with van der Waals surface area (Å²) in [4.78, 5) is 36.7. The second-order valence-corrected chi connectivity index (χ2v) is 6.45. The Morgan fingerprint density at radius 1 is 1.39 bits per heavy atom. The fourth-order valence-corrected chi connectivity index (χ4v) is 3.31. The molecule has 3 rings (SSSR count). The largest absolute Gasteiger partial charge is 0.482 e. The lowest BCUT2D eigenvalue weighted by molar-refractivity contribution is -0.143. The Morgan fingerprint density at radius 3 is 2.91 bits per heavy atom. The Kier molecular flexibility index (Phi) is 4.25. The van der Waals surface area contributed by atoms with Gasteiger partial charge in [-0.15, -0.1) is 0 Å². The number of aliphatic carboxylic acids is 1. The monoisotopic (exact) mass is 382 g/mol. The van der Waals surface area contributed by atoms with Gasteiger partial charge in [-0.1, -0.05) is 0 Å². The molecule has 23 heavy (non-hydrogen) atoms. The van der Waals surface area contributed by atoms with Crippen molar-refractivity contribution < 1.29 is 24.2 Å². The van der Waals surface area contributed by atoms with Gasteiger partial charge in [0.1, 0.15) is 5.75 Å². The third-order valence-corrected chi connectivity index (χ3v) is 4.65. The summed E-state index contributed by atoms with van der Waals surface area (Å²) in [7, 11) is 0. The van der Waals surface area contributed by atoms with Crippen LogP contribution in [0.15, 0.2) is 16.6 Å². The Balaban J connectivity index is 1.85. The first-order valence-corrected chi connectivity index (χ1v) is 8.03. The number of halogens is 1. The Morgan fingerprint density at radius 2 is 2.17 bits per heavy atom. The van der Waals surface area contributed by atoms with Crippen LogP contribution in [0.4, 0.5) is 5.69 Å². The summed E-state index contributed by atoms with van der Waals surface area (Å²) in [5, 5.41) is 11.8. The topological polar surface area (TPSA) is 95.9 Å². The zero-order valence-electron chi connectivity index (χ0n) is 12.2. The van der Waals surface area contributed by atoms with Crippen molar-refractivity contribution in [2.24, 2.45) is 5.92 Å². The van der Waals surface area contributed by atoms with Crippen LogP contribution in [-0.4, -0.2) is 47.5 Å². The lowest BCUT2D eigenvalue weighted by Crippen LogP contribution is -2.42. The van der Waals surface area contributed by atoms with Crippen LogP contribution < -0.4 is 10.1 Å². The van der Waals surface area contributed by atoms with Gasteiger partial charge in [-0.3, -0.25) is 14.4 Å². The molecule has 8 heteroatoms. The molecule has 1 saturated heterocycles. The number of hydrogen-bond acceptors (Lipinski definition) is 4. The molecule has 0 aliphatic carbocycles. The van der Waals surface area contributed by atoms with Gasteiger partial charge >= 0.3 is 5.97 Å². The molecule has 1 fully saturated rings. The number of piperidine rings is 1. The molecule has 1 aromatic rings. The summed E-state index contributed by atoms with van der Waals surface area (Å²) in [6.45, 7) is 0.645. The maximum absolute atomic E-state index is 12.7. The van der Waals surface area contributed by atoms with Crippen LogP contribution >= 0.6 is 15.9 Å². The van der Waals surface area contributed by atoms with E-state index in [9.17, 15) is 14.4 Å². The van der Waals surface area contributed by atoms with Gasteiger partial charge in [0.15, 0.2) is 6.61 Å². The number of nitrogens with one attached hydrogen (secondary N) is 1. The maximum Gasteiger partial charge on any atom is 0.308 e. The first kappa shape index (κ1) is 15.8. The van der Waals surface area contributed by atoms with E-state index >= 15 is 0 Å². The second kappa shape index (κ2) is 6.19. The zero-order valence-corrected chi connectivity index (χ0v) is 13.8. The molecule has 122 valence electrons. The average molecular weight is 383 g/mol. The van der Waals surface area contributed by atoms with Crippen molar-refractivity contribution in [1.82, 2.24) is 4.90 Å². The number of amides is 2. The molecule has 0 saturated carbocycles. The molecule has 0 bridgehead atoms. The van der Waals surface area contributed by atoms with Gasteiger partial charge in [0, 0.05) is 17.6 Å². The van der Waals surface area contributed by atoms with Crippen LogP contribution in [0.5, 0.6) is 5.75 Å². The van der Waals surface area contributed by atoms with Crippen LogP contribution in [0.2, 0.25) is 0 Å². The molecule has 2 aliphatic heterocycles. The van der Waals surface area contributed by atoms with E-state index in [-0.39, 0.29) is 25.0 Å². The third-order valence-electron chi connectivity index (χ3n) is 3.99. The van der Waals surface area contributed by atoms with Gasteiger partial charge in [0.25, 0.3) is 11.8 Å². The Hall–Kier alpha value is -2.09. The fraction of sp³-hybridized carbons (Fsp3) is 0.400. The summed E-state index contributed by atoms with van der Waals surface area (Å²) in [5.41, 5.74) is 0.901. The van der Waals surface area contributed by atoms with Crippen LogP contribution in [0.25, 0.3) is 0 Å². The third kappa shape index (κ3) is 3.17. The number of nitrogens with zero attached hydrogens (tertiary/aromatic N) is 1. The number of rotatable bonds is 2. The molecule has 2 aliphatic rings. The van der Waals surface area contributed by atoms with E-state index in [0.717, 1.165) is 0 Å². The van der Waals surface area contributed by atoms with Crippen molar-refractivity contribution in [2.75, 3.05) is 25.0 Å². The highest BCUT2D eigenvalue weighted by Crippen LogP contribution is 2.34. The highest BCUT2D eigenvalue weighted by molar-refractivity contribution is 9.10. The summed E-state index contributed by atoms with van der Waals surface area (Å²) < 4.78 is 5.86. The highest BCUT2D eigenvalue weighted by atomic mass is 79.9. The van der Waals surface area contributed by atoms with Crippen LogP contribution in [-0.2, 0) is 9.59 Å². The number of anilines is 1. The van der Waals surface area contributed by atoms with Crippen LogP contribution in [0, 0.1) is 5.92 Å². The molecule has 2 N–H and O–H groups in total. The van der Waals surface area contributed by atoms with Crippen molar-refractivity contribution in [2.45, 2.75) is 12.8 Å². The van der Waals surface area contributed by atoms with Crippen molar-refractivity contribution in [3.8, 4) is 5.75 Å². The molecule has 0 aromatic heterocycles. The molecule has 1 aromatic carbocycles. The fourth-order valence-electron chi connectivity index (χ4n) is 2.80. The molecule has 7 nitrogen and oxygen atoms in total. The summed E-state index contributed by atoms with van der Waals surface area (Å²) in [6, 6.07) is 3.20. The van der Waals surface area contributed by atoms with Crippen LogP contribution in [0.3, 0.4) is 0 Å². The minimum atomic E-state index is -0.877. The normalized spacial score (nSPS) is 20.3. The average Bonchev–Trinajstić information content (AvgIpc) is 2.53. The predicted molar refractivity (Wildman–Crippen MR) is 84.5 cm³/mol. The summed E-state index contributed by atoms with van der Waals surface area (Å²) >= 11 is 3.34. The van der Waals surface area contributed by atoms with E-state index in [1.807, 2.05) is 0 Å². The van der Waals surface area contributed by atoms with E-state index in [0.29, 0.717) is 40.9 Å². The number of carboxylic acids is 1. The number of carboxylic acid groups (broad SMARTS) is 1. The number of hydrogen-bond donors (Lipinski definition) is 2. The second-order valence-electron chi connectivity index (χ2n) is 5.59.